The number of ether oxygens (including phenoxy) is 1. The summed E-state index contributed by atoms with van der Waals surface area (Å²) in [5, 5.41) is 14.4. The zero-order valence-electron chi connectivity index (χ0n) is 17.0. The Morgan fingerprint density at radius 2 is 2.03 bits per heavy atom. The average Bonchev–Trinajstić information content (AvgIpc) is 3.07. The summed E-state index contributed by atoms with van der Waals surface area (Å²) in [6.45, 7) is 2.88. The van der Waals surface area contributed by atoms with Crippen LogP contribution in [0.25, 0.3) is 0 Å². The minimum atomic E-state index is -4.01. The number of urea groups is 1. The molecule has 0 aliphatic heterocycles. The minimum Gasteiger partial charge on any atom is -0.396 e. The number of aliphatic hydroxyl groups excluding tert-OH is 1. The number of aliphatic hydroxyl groups is 1. The van der Waals surface area contributed by atoms with Gasteiger partial charge < -0.3 is 15.2 Å². The van der Waals surface area contributed by atoms with Crippen LogP contribution in [-0.4, -0.2) is 57.7 Å². The van der Waals surface area contributed by atoms with Crippen molar-refractivity contribution in [2.45, 2.75) is 28.9 Å². The number of rotatable bonds is 11. The zero-order valence-corrected chi connectivity index (χ0v) is 19.5. The maximum absolute atomic E-state index is 12.6. The lowest BCUT2D eigenvalue weighted by molar-refractivity contribution is 0.203. The molecule has 0 fully saturated rings. The van der Waals surface area contributed by atoms with Gasteiger partial charge in [0.05, 0.1) is 6.61 Å². The largest absolute Gasteiger partial charge is 0.396 e. The van der Waals surface area contributed by atoms with E-state index in [2.05, 4.69) is 15.6 Å². The summed E-state index contributed by atoms with van der Waals surface area (Å²) in [4.78, 5) is 18.3. The standard InChI is InChI=1S/C18H26N4O5S3/c1-12-9-17(29-14(12)5-8-27-2)30(25,26)22-18(24)21-16-11-13(28-3)10-15(20-16)19-6-4-7-23/h9-11,23H,4-8H2,1-3H3,(H3,19,20,21,22,24). The molecule has 0 spiro atoms. The molecule has 0 saturated carbocycles. The average molecular weight is 475 g/mol. The molecule has 2 heterocycles. The van der Waals surface area contributed by atoms with Crippen molar-refractivity contribution in [3.05, 3.63) is 28.6 Å². The number of thiophene rings is 1. The fourth-order valence-electron chi connectivity index (χ4n) is 2.45. The summed E-state index contributed by atoms with van der Waals surface area (Å²) in [5.74, 6) is 0.731. The van der Waals surface area contributed by atoms with Crippen LogP contribution in [0.5, 0.6) is 0 Å². The molecule has 0 saturated heterocycles. The van der Waals surface area contributed by atoms with Crippen LogP contribution in [0.1, 0.15) is 16.9 Å². The first-order valence-corrected chi connectivity index (χ1v) is 12.6. The van der Waals surface area contributed by atoms with Gasteiger partial charge in [0.2, 0.25) is 0 Å². The number of sulfonamides is 1. The number of pyridine rings is 1. The van der Waals surface area contributed by atoms with Gasteiger partial charge in [0.1, 0.15) is 15.8 Å². The molecule has 30 heavy (non-hydrogen) atoms. The van der Waals surface area contributed by atoms with Gasteiger partial charge in [-0.1, -0.05) is 0 Å². The number of aromatic nitrogens is 1. The molecule has 2 rings (SSSR count). The smallest absolute Gasteiger partial charge is 0.334 e. The van der Waals surface area contributed by atoms with E-state index in [1.807, 2.05) is 17.9 Å². The molecule has 0 radical (unpaired) electrons. The first-order chi connectivity index (χ1) is 14.3. The molecule has 4 N–H and O–H groups in total. The highest BCUT2D eigenvalue weighted by molar-refractivity contribution is 7.98. The number of hydrogen-bond acceptors (Lipinski definition) is 9. The maximum atomic E-state index is 12.6. The van der Waals surface area contributed by atoms with Crippen LogP contribution in [0.2, 0.25) is 0 Å². The second-order valence-corrected chi connectivity index (χ2v) is 10.2. The van der Waals surface area contributed by atoms with Crippen LogP contribution in [-0.2, 0) is 21.2 Å². The van der Waals surface area contributed by atoms with Crippen molar-refractivity contribution >= 4 is 50.8 Å². The van der Waals surface area contributed by atoms with Crippen molar-refractivity contribution < 1.29 is 23.1 Å². The Labute approximate surface area is 184 Å². The van der Waals surface area contributed by atoms with Crippen molar-refractivity contribution in [3.8, 4) is 0 Å². The number of carbonyl (C=O) groups excluding carboxylic acids is 1. The molecule has 2 aromatic rings. The van der Waals surface area contributed by atoms with Gasteiger partial charge in [-0.05, 0) is 43.4 Å². The first kappa shape index (κ1) is 24.4. The number of methoxy groups -OCH3 is 1. The van der Waals surface area contributed by atoms with E-state index in [9.17, 15) is 13.2 Å². The van der Waals surface area contributed by atoms with E-state index < -0.39 is 16.1 Å². The van der Waals surface area contributed by atoms with Crippen molar-refractivity contribution in [2.75, 3.05) is 43.8 Å². The number of carbonyl (C=O) groups is 1. The lowest BCUT2D eigenvalue weighted by Gasteiger charge is -2.11. The number of nitrogens with zero attached hydrogens (tertiary/aromatic N) is 1. The molecule has 0 aliphatic carbocycles. The number of amides is 2. The summed E-state index contributed by atoms with van der Waals surface area (Å²) in [7, 11) is -2.43. The van der Waals surface area contributed by atoms with E-state index >= 15 is 0 Å². The van der Waals surface area contributed by atoms with E-state index in [1.54, 1.807) is 25.3 Å². The Balaban J connectivity index is 2.09. The summed E-state index contributed by atoms with van der Waals surface area (Å²) < 4.78 is 32.3. The van der Waals surface area contributed by atoms with E-state index in [4.69, 9.17) is 9.84 Å². The number of anilines is 2. The summed E-state index contributed by atoms with van der Waals surface area (Å²) in [6.07, 6.45) is 3.03. The van der Waals surface area contributed by atoms with E-state index in [0.29, 0.717) is 31.8 Å². The molecule has 166 valence electrons. The molecule has 0 bridgehead atoms. The summed E-state index contributed by atoms with van der Waals surface area (Å²) >= 11 is 2.57. The molecule has 9 nitrogen and oxygen atoms in total. The molecule has 0 atom stereocenters. The third-order valence-corrected chi connectivity index (χ3v) is 7.75. The monoisotopic (exact) mass is 474 g/mol. The Morgan fingerprint density at radius 1 is 1.30 bits per heavy atom. The number of hydrogen-bond donors (Lipinski definition) is 4. The normalized spacial score (nSPS) is 11.3. The van der Waals surface area contributed by atoms with Gasteiger partial charge in [-0.25, -0.2) is 22.9 Å². The molecular weight excluding hydrogens is 448 g/mol. The van der Waals surface area contributed by atoms with Crippen molar-refractivity contribution in [1.82, 2.24) is 9.71 Å². The fourth-order valence-corrected chi connectivity index (χ4v) is 5.39. The van der Waals surface area contributed by atoms with Crippen LogP contribution in [0.3, 0.4) is 0 Å². The third-order valence-electron chi connectivity index (χ3n) is 3.94. The topological polar surface area (TPSA) is 130 Å². The fraction of sp³-hybridized carbons (Fsp3) is 0.444. The van der Waals surface area contributed by atoms with Gasteiger partial charge >= 0.3 is 6.03 Å². The van der Waals surface area contributed by atoms with Gasteiger partial charge in [0.15, 0.2) is 0 Å². The quantitative estimate of drug-likeness (QED) is 0.289. The van der Waals surface area contributed by atoms with Gasteiger partial charge in [-0.15, -0.1) is 23.1 Å². The minimum absolute atomic E-state index is 0.0516. The second-order valence-electron chi connectivity index (χ2n) is 6.26. The highest BCUT2D eigenvalue weighted by Gasteiger charge is 2.22. The molecule has 2 aromatic heterocycles. The van der Waals surface area contributed by atoms with Crippen LogP contribution >= 0.6 is 23.1 Å². The van der Waals surface area contributed by atoms with Crippen molar-refractivity contribution in [1.29, 1.82) is 0 Å². The van der Waals surface area contributed by atoms with E-state index in [0.717, 1.165) is 26.7 Å². The SMILES string of the molecule is COCCc1sc(S(=O)(=O)NC(=O)Nc2cc(SC)cc(NCCCO)n2)cc1C. The predicted octanol–water partition coefficient (Wildman–Crippen LogP) is 2.67. The Bertz CT molecular complexity index is 963. The van der Waals surface area contributed by atoms with Crippen molar-refractivity contribution in [3.63, 3.8) is 0 Å². The number of aryl methyl sites for hydroxylation is 1. The third kappa shape index (κ3) is 7.13. The lowest BCUT2D eigenvalue weighted by atomic mass is 10.2. The van der Waals surface area contributed by atoms with Gasteiger partial charge in [0, 0.05) is 36.5 Å². The summed E-state index contributed by atoms with van der Waals surface area (Å²) in [5.41, 5.74) is 0.839. The number of nitrogens with one attached hydrogen (secondary N) is 3. The molecule has 0 aliphatic rings. The molecule has 12 heteroatoms. The molecule has 2 amide bonds. The van der Waals surface area contributed by atoms with E-state index in [-0.39, 0.29) is 16.6 Å². The lowest BCUT2D eigenvalue weighted by Crippen LogP contribution is -2.34. The highest BCUT2D eigenvalue weighted by Crippen LogP contribution is 2.27. The Hall–Kier alpha value is -1.86. The predicted molar refractivity (Wildman–Crippen MR) is 120 cm³/mol. The van der Waals surface area contributed by atoms with Gasteiger partial charge in [-0.2, -0.15) is 0 Å². The second kappa shape index (κ2) is 11.5. The van der Waals surface area contributed by atoms with Gasteiger partial charge in [0.25, 0.3) is 10.0 Å². The van der Waals surface area contributed by atoms with Crippen molar-refractivity contribution in [2.24, 2.45) is 0 Å². The first-order valence-electron chi connectivity index (χ1n) is 9.12. The van der Waals surface area contributed by atoms with Crippen LogP contribution in [0, 0.1) is 6.92 Å². The van der Waals surface area contributed by atoms with Crippen LogP contribution in [0.15, 0.2) is 27.3 Å². The zero-order chi connectivity index (χ0) is 22.1. The molecule has 0 unspecified atom stereocenters. The summed E-state index contributed by atoms with van der Waals surface area (Å²) in [6, 6.07) is 4.09. The Kier molecular flexibility index (Phi) is 9.37. The Morgan fingerprint density at radius 3 is 2.70 bits per heavy atom. The van der Waals surface area contributed by atoms with Gasteiger partial charge in [-0.3, -0.25) is 5.32 Å². The van der Waals surface area contributed by atoms with E-state index in [1.165, 1.54) is 11.8 Å². The highest BCUT2D eigenvalue weighted by atomic mass is 32.2. The van der Waals surface area contributed by atoms with Crippen LogP contribution < -0.4 is 15.4 Å². The van der Waals surface area contributed by atoms with Crippen LogP contribution in [0.4, 0.5) is 16.4 Å². The molecule has 0 aromatic carbocycles. The number of thioether (sulfide) groups is 1. The molecular formula is C18H26N4O5S3. The maximum Gasteiger partial charge on any atom is 0.334 e.